The molecule has 0 aliphatic rings. The van der Waals surface area contributed by atoms with Crippen molar-refractivity contribution in [3.63, 3.8) is 0 Å². The molecule has 1 aromatic rings. The Morgan fingerprint density at radius 2 is 2.05 bits per heavy atom. The lowest BCUT2D eigenvalue weighted by molar-refractivity contribution is -0.116. The maximum Gasteiger partial charge on any atom is 0.224 e. The lowest BCUT2D eigenvalue weighted by Crippen LogP contribution is -2.33. The molecule has 0 bridgehead atoms. The smallest absolute Gasteiger partial charge is 0.224 e. The first-order valence-electron chi connectivity index (χ1n) is 6.75. The van der Waals surface area contributed by atoms with Crippen LogP contribution in [0.5, 0.6) is 11.5 Å². The fourth-order valence-electron chi connectivity index (χ4n) is 1.68. The highest BCUT2D eigenvalue weighted by Gasteiger charge is 2.14. The zero-order valence-electron chi connectivity index (χ0n) is 12.7. The Kier molecular flexibility index (Phi) is 5.82. The van der Waals surface area contributed by atoms with Gasteiger partial charge in [-0.15, -0.1) is 0 Å². The number of ether oxygens (including phenoxy) is 2. The Morgan fingerprint density at radius 3 is 2.60 bits per heavy atom. The summed E-state index contributed by atoms with van der Waals surface area (Å²) in [7, 11) is 1.57. The Labute approximate surface area is 120 Å². The van der Waals surface area contributed by atoms with Crippen molar-refractivity contribution in [2.75, 3.05) is 19.0 Å². The maximum atomic E-state index is 11.8. The third-order valence-electron chi connectivity index (χ3n) is 2.74. The molecule has 0 spiro atoms. The van der Waals surface area contributed by atoms with Crippen molar-refractivity contribution in [3.8, 4) is 11.5 Å². The molecule has 0 atom stereocenters. The molecule has 0 heterocycles. The summed E-state index contributed by atoms with van der Waals surface area (Å²) in [6.45, 7) is 6.28. The summed E-state index contributed by atoms with van der Waals surface area (Å²) in [6.07, 6.45) is 1.02. The Morgan fingerprint density at radius 1 is 1.35 bits per heavy atom. The van der Waals surface area contributed by atoms with E-state index in [-0.39, 0.29) is 11.4 Å². The SMILES string of the molecule is CCOc1ccc(NC(=O)CCC(C)(C)N)cc1OC. The van der Waals surface area contributed by atoms with Crippen LogP contribution < -0.4 is 20.5 Å². The first-order valence-corrected chi connectivity index (χ1v) is 6.75. The molecule has 0 fully saturated rings. The largest absolute Gasteiger partial charge is 0.493 e. The van der Waals surface area contributed by atoms with Gasteiger partial charge in [0.15, 0.2) is 11.5 Å². The Hall–Kier alpha value is -1.75. The number of carbonyl (C=O) groups excluding carboxylic acids is 1. The van der Waals surface area contributed by atoms with Crippen LogP contribution in [0.25, 0.3) is 0 Å². The standard InChI is InChI=1S/C15H24N2O3/c1-5-20-12-7-6-11(10-13(12)19-4)17-14(18)8-9-15(2,3)16/h6-7,10H,5,8-9,16H2,1-4H3,(H,17,18). The predicted molar refractivity (Wildman–Crippen MR) is 80.3 cm³/mol. The highest BCUT2D eigenvalue weighted by atomic mass is 16.5. The van der Waals surface area contributed by atoms with Gasteiger partial charge in [-0.2, -0.15) is 0 Å². The van der Waals surface area contributed by atoms with Crippen molar-refractivity contribution >= 4 is 11.6 Å². The van der Waals surface area contributed by atoms with Crippen LogP contribution in [0, 0.1) is 0 Å². The zero-order valence-corrected chi connectivity index (χ0v) is 12.7. The number of rotatable bonds is 7. The molecule has 0 radical (unpaired) electrons. The molecular formula is C15H24N2O3. The van der Waals surface area contributed by atoms with Crippen molar-refractivity contribution in [2.24, 2.45) is 5.73 Å². The van der Waals surface area contributed by atoms with Gasteiger partial charge < -0.3 is 20.5 Å². The number of amides is 1. The normalized spacial score (nSPS) is 11.1. The van der Waals surface area contributed by atoms with Crippen molar-refractivity contribution in [1.82, 2.24) is 0 Å². The number of nitrogens with one attached hydrogen (secondary N) is 1. The van der Waals surface area contributed by atoms with Gasteiger partial charge in [0.2, 0.25) is 5.91 Å². The minimum absolute atomic E-state index is 0.0604. The van der Waals surface area contributed by atoms with Gasteiger partial charge in [-0.25, -0.2) is 0 Å². The summed E-state index contributed by atoms with van der Waals surface area (Å²) >= 11 is 0. The van der Waals surface area contributed by atoms with Crippen molar-refractivity contribution in [1.29, 1.82) is 0 Å². The molecule has 112 valence electrons. The summed E-state index contributed by atoms with van der Waals surface area (Å²) in [6, 6.07) is 5.32. The molecule has 0 aliphatic carbocycles. The van der Waals surface area contributed by atoms with Gasteiger partial charge in [0.05, 0.1) is 13.7 Å². The second-order valence-electron chi connectivity index (χ2n) is 5.34. The highest BCUT2D eigenvalue weighted by Crippen LogP contribution is 2.30. The van der Waals surface area contributed by atoms with Crippen LogP contribution in [0.4, 0.5) is 5.69 Å². The number of benzene rings is 1. The van der Waals surface area contributed by atoms with Crippen LogP contribution in [0.2, 0.25) is 0 Å². The average molecular weight is 280 g/mol. The summed E-state index contributed by atoms with van der Waals surface area (Å²) in [4.78, 5) is 11.8. The lowest BCUT2D eigenvalue weighted by Gasteiger charge is -2.17. The van der Waals surface area contributed by atoms with Gasteiger partial charge in [0, 0.05) is 23.7 Å². The van der Waals surface area contributed by atoms with Crippen LogP contribution in [-0.4, -0.2) is 25.2 Å². The van der Waals surface area contributed by atoms with Crippen molar-refractivity contribution in [2.45, 2.75) is 39.2 Å². The average Bonchev–Trinajstić information content (AvgIpc) is 2.37. The predicted octanol–water partition coefficient (Wildman–Crippen LogP) is 2.55. The molecule has 3 N–H and O–H groups in total. The third-order valence-corrected chi connectivity index (χ3v) is 2.74. The molecule has 0 aromatic heterocycles. The van der Waals surface area contributed by atoms with Gasteiger partial charge in [-0.3, -0.25) is 4.79 Å². The first-order chi connectivity index (χ1) is 9.35. The van der Waals surface area contributed by atoms with Crippen molar-refractivity contribution < 1.29 is 14.3 Å². The topological polar surface area (TPSA) is 73.6 Å². The second-order valence-corrected chi connectivity index (χ2v) is 5.34. The van der Waals surface area contributed by atoms with E-state index in [1.807, 2.05) is 20.8 Å². The minimum atomic E-state index is -0.339. The zero-order chi connectivity index (χ0) is 15.2. The summed E-state index contributed by atoms with van der Waals surface area (Å²) in [5, 5.41) is 2.83. The third kappa shape index (κ3) is 5.48. The Balaban J connectivity index is 2.66. The molecule has 1 rings (SSSR count). The molecule has 20 heavy (non-hydrogen) atoms. The first kappa shape index (κ1) is 16.3. The fraction of sp³-hybridized carbons (Fsp3) is 0.533. The van der Waals surface area contributed by atoms with E-state index < -0.39 is 0 Å². The number of hydrogen-bond acceptors (Lipinski definition) is 4. The molecule has 0 saturated heterocycles. The molecule has 5 heteroatoms. The van der Waals surface area contributed by atoms with Crippen LogP contribution in [0.15, 0.2) is 18.2 Å². The summed E-state index contributed by atoms with van der Waals surface area (Å²) < 4.78 is 10.7. The van der Waals surface area contributed by atoms with Gasteiger partial charge in [0.1, 0.15) is 0 Å². The van der Waals surface area contributed by atoms with Gasteiger partial charge in [0.25, 0.3) is 0 Å². The number of anilines is 1. The van der Waals surface area contributed by atoms with Crippen molar-refractivity contribution in [3.05, 3.63) is 18.2 Å². The second kappa shape index (κ2) is 7.14. The van der Waals surface area contributed by atoms with E-state index in [9.17, 15) is 4.79 Å². The van der Waals surface area contributed by atoms with E-state index in [1.54, 1.807) is 25.3 Å². The number of methoxy groups -OCH3 is 1. The van der Waals surface area contributed by atoms with Crippen LogP contribution in [0.1, 0.15) is 33.6 Å². The molecule has 5 nitrogen and oxygen atoms in total. The highest BCUT2D eigenvalue weighted by molar-refractivity contribution is 5.91. The van der Waals surface area contributed by atoms with Crippen LogP contribution in [0.3, 0.4) is 0 Å². The van der Waals surface area contributed by atoms with E-state index >= 15 is 0 Å². The van der Waals surface area contributed by atoms with E-state index in [0.29, 0.717) is 36.6 Å². The molecule has 0 aliphatic heterocycles. The molecule has 1 aromatic carbocycles. The van der Waals surface area contributed by atoms with Gasteiger partial charge >= 0.3 is 0 Å². The van der Waals surface area contributed by atoms with E-state index in [1.165, 1.54) is 0 Å². The maximum absolute atomic E-state index is 11.8. The van der Waals surface area contributed by atoms with Crippen LogP contribution >= 0.6 is 0 Å². The molecular weight excluding hydrogens is 256 g/mol. The molecule has 0 saturated carbocycles. The monoisotopic (exact) mass is 280 g/mol. The van der Waals surface area contributed by atoms with Gasteiger partial charge in [-0.1, -0.05) is 0 Å². The van der Waals surface area contributed by atoms with Crippen LogP contribution in [-0.2, 0) is 4.79 Å². The minimum Gasteiger partial charge on any atom is -0.493 e. The fourth-order valence-corrected chi connectivity index (χ4v) is 1.68. The quantitative estimate of drug-likeness (QED) is 0.805. The molecule has 0 unspecified atom stereocenters. The lowest BCUT2D eigenvalue weighted by atomic mass is 10.00. The summed E-state index contributed by atoms with van der Waals surface area (Å²) in [5.74, 6) is 1.20. The molecule has 1 amide bonds. The Bertz CT molecular complexity index is 453. The number of nitrogens with two attached hydrogens (primary N) is 1. The van der Waals surface area contributed by atoms with E-state index in [0.717, 1.165) is 0 Å². The number of carbonyl (C=O) groups is 1. The summed E-state index contributed by atoms with van der Waals surface area (Å²) in [5.41, 5.74) is 6.21. The number of hydrogen-bond donors (Lipinski definition) is 2. The van der Waals surface area contributed by atoms with Gasteiger partial charge in [-0.05, 0) is 39.3 Å². The van der Waals surface area contributed by atoms with E-state index in [4.69, 9.17) is 15.2 Å². The van der Waals surface area contributed by atoms with E-state index in [2.05, 4.69) is 5.32 Å².